The van der Waals surface area contributed by atoms with Crippen LogP contribution in [-0.4, -0.2) is 12.9 Å². The van der Waals surface area contributed by atoms with Gasteiger partial charge in [-0.1, -0.05) is 12.1 Å². The van der Waals surface area contributed by atoms with Gasteiger partial charge in [0.2, 0.25) is 5.78 Å². The lowest BCUT2D eigenvalue weighted by Gasteiger charge is -2.00. The Morgan fingerprint density at radius 1 is 1.04 bits per heavy atom. The Kier molecular flexibility index (Phi) is 5.26. The number of hydrogen-bond donors (Lipinski definition) is 0. The van der Waals surface area contributed by atoms with Gasteiger partial charge in [-0.3, -0.25) is 4.79 Å². The number of ketones is 1. The smallest absolute Gasteiger partial charge is 0.202 e. The van der Waals surface area contributed by atoms with Crippen molar-refractivity contribution < 1.29 is 13.9 Å². The van der Waals surface area contributed by atoms with Crippen LogP contribution in [0.3, 0.4) is 0 Å². The van der Waals surface area contributed by atoms with Crippen molar-refractivity contribution in [1.29, 1.82) is 5.26 Å². The first-order chi connectivity index (χ1) is 12.6. The quantitative estimate of drug-likeness (QED) is 0.463. The first kappa shape index (κ1) is 17.6. The Hall–Kier alpha value is -3.23. The fraction of sp³-hybridized carbons (Fsp3) is 0.0476. The lowest BCUT2D eigenvalue weighted by atomic mass is 10.1. The van der Waals surface area contributed by atoms with E-state index in [1.165, 1.54) is 35.6 Å². The number of hydrogen-bond acceptors (Lipinski definition) is 4. The summed E-state index contributed by atoms with van der Waals surface area (Å²) < 4.78 is 18.1. The highest BCUT2D eigenvalue weighted by atomic mass is 32.1. The largest absolute Gasteiger partial charge is 0.497 e. The van der Waals surface area contributed by atoms with Gasteiger partial charge in [-0.15, -0.1) is 11.3 Å². The van der Waals surface area contributed by atoms with E-state index in [4.69, 9.17) is 4.74 Å². The molecule has 3 rings (SSSR count). The minimum absolute atomic E-state index is 0.192. The molecule has 5 heteroatoms. The Labute approximate surface area is 154 Å². The fourth-order valence-corrected chi connectivity index (χ4v) is 3.31. The summed E-state index contributed by atoms with van der Waals surface area (Å²) in [6.45, 7) is 0. The highest BCUT2D eigenvalue weighted by Gasteiger charge is 2.14. The second-order valence-corrected chi connectivity index (χ2v) is 6.53. The van der Waals surface area contributed by atoms with E-state index in [-0.39, 0.29) is 11.6 Å². The molecule has 1 aromatic heterocycles. The van der Waals surface area contributed by atoms with Crippen molar-refractivity contribution in [3.63, 3.8) is 0 Å². The first-order valence-corrected chi connectivity index (χ1v) is 8.58. The number of allylic oxidation sites excluding steroid dienone is 1. The number of halogens is 1. The number of nitriles is 1. The zero-order valence-corrected chi connectivity index (χ0v) is 14.7. The lowest BCUT2D eigenvalue weighted by molar-refractivity contribution is 0.104. The second-order valence-electron chi connectivity index (χ2n) is 5.44. The maximum Gasteiger partial charge on any atom is 0.202 e. The molecular weight excluding hydrogens is 349 g/mol. The van der Waals surface area contributed by atoms with E-state index in [0.29, 0.717) is 20.9 Å². The Bertz CT molecular complexity index is 996. The van der Waals surface area contributed by atoms with Gasteiger partial charge in [0.25, 0.3) is 0 Å². The minimum Gasteiger partial charge on any atom is -0.497 e. The topological polar surface area (TPSA) is 50.1 Å². The molecule has 0 saturated heterocycles. The van der Waals surface area contributed by atoms with E-state index in [2.05, 4.69) is 6.07 Å². The molecule has 0 aliphatic carbocycles. The van der Waals surface area contributed by atoms with Crippen LogP contribution in [0.25, 0.3) is 11.6 Å². The maximum absolute atomic E-state index is 13.0. The summed E-state index contributed by atoms with van der Waals surface area (Å²) in [5, 5.41) is 9.47. The van der Waals surface area contributed by atoms with Gasteiger partial charge in [-0.05, 0) is 60.2 Å². The normalized spacial score (nSPS) is 11.0. The van der Waals surface area contributed by atoms with Gasteiger partial charge >= 0.3 is 0 Å². The van der Waals surface area contributed by atoms with Gasteiger partial charge < -0.3 is 4.74 Å². The number of ether oxygens (including phenoxy) is 1. The Balaban J connectivity index is 1.86. The third-order valence-corrected chi connectivity index (χ3v) is 4.87. The summed E-state index contributed by atoms with van der Waals surface area (Å²) in [5.74, 6) is 0.162. The molecule has 2 aromatic carbocycles. The number of thiophene rings is 1. The molecule has 0 fully saturated rings. The zero-order valence-electron chi connectivity index (χ0n) is 13.9. The van der Waals surface area contributed by atoms with Crippen LogP contribution >= 0.6 is 11.3 Å². The van der Waals surface area contributed by atoms with Crippen molar-refractivity contribution in [3.8, 4) is 11.8 Å². The van der Waals surface area contributed by atoms with Gasteiger partial charge in [0.05, 0.1) is 17.6 Å². The van der Waals surface area contributed by atoms with Crippen molar-refractivity contribution in [3.05, 3.63) is 87.4 Å². The van der Waals surface area contributed by atoms with Gasteiger partial charge in [-0.25, -0.2) is 4.39 Å². The van der Waals surface area contributed by atoms with Crippen LogP contribution in [0.5, 0.6) is 5.75 Å². The third-order valence-electron chi connectivity index (χ3n) is 3.75. The molecule has 3 aromatic rings. The standard InChI is InChI=1S/C21H14FNO2S/c1-25-18-8-2-14(3-9-18)12-16(13-23)19-10-11-20(26-19)21(24)15-4-6-17(22)7-5-15/h2-12H,1H3. The van der Waals surface area contributed by atoms with Gasteiger partial charge in [0.1, 0.15) is 17.6 Å². The minimum atomic E-state index is -0.386. The molecule has 26 heavy (non-hydrogen) atoms. The van der Waals surface area contributed by atoms with Crippen LogP contribution < -0.4 is 4.74 Å². The molecular formula is C21H14FNO2S. The molecule has 0 atom stereocenters. The summed E-state index contributed by atoms with van der Waals surface area (Å²) in [4.78, 5) is 13.7. The molecule has 0 amide bonds. The van der Waals surface area contributed by atoms with Gasteiger partial charge in [0, 0.05) is 10.4 Å². The van der Waals surface area contributed by atoms with Crippen LogP contribution in [-0.2, 0) is 0 Å². The molecule has 0 N–H and O–H groups in total. The second kappa shape index (κ2) is 7.77. The van der Waals surface area contributed by atoms with Crippen molar-refractivity contribution in [2.24, 2.45) is 0 Å². The molecule has 1 heterocycles. The summed E-state index contributed by atoms with van der Waals surface area (Å²) >= 11 is 1.24. The third kappa shape index (κ3) is 3.88. The molecule has 0 radical (unpaired) electrons. The van der Waals surface area contributed by atoms with E-state index < -0.39 is 0 Å². The number of nitrogens with zero attached hydrogens (tertiary/aromatic N) is 1. The predicted octanol–water partition coefficient (Wildman–Crippen LogP) is 5.19. The fourth-order valence-electron chi connectivity index (χ4n) is 2.37. The summed E-state index contributed by atoms with van der Waals surface area (Å²) in [5.41, 5.74) is 1.75. The summed E-state index contributed by atoms with van der Waals surface area (Å²) in [6, 6.07) is 18.4. The number of benzene rings is 2. The van der Waals surface area contributed by atoms with Crippen LogP contribution in [0.15, 0.2) is 60.7 Å². The molecule has 0 saturated carbocycles. The van der Waals surface area contributed by atoms with Crippen molar-refractivity contribution in [2.45, 2.75) is 0 Å². The van der Waals surface area contributed by atoms with Crippen LogP contribution in [0, 0.1) is 17.1 Å². The molecule has 0 bridgehead atoms. The number of carbonyl (C=O) groups excluding carboxylic acids is 1. The van der Waals surface area contributed by atoms with Crippen LogP contribution in [0.4, 0.5) is 4.39 Å². The van der Waals surface area contributed by atoms with E-state index in [1.807, 2.05) is 24.3 Å². The Morgan fingerprint density at radius 3 is 2.31 bits per heavy atom. The number of rotatable bonds is 5. The molecule has 0 aliphatic rings. The van der Waals surface area contributed by atoms with Gasteiger partial charge in [0.15, 0.2) is 0 Å². The van der Waals surface area contributed by atoms with E-state index in [1.54, 1.807) is 25.3 Å². The first-order valence-electron chi connectivity index (χ1n) is 7.77. The van der Waals surface area contributed by atoms with E-state index >= 15 is 0 Å². The Morgan fingerprint density at radius 2 is 1.69 bits per heavy atom. The molecule has 128 valence electrons. The predicted molar refractivity (Wildman–Crippen MR) is 101 cm³/mol. The van der Waals surface area contributed by atoms with E-state index in [9.17, 15) is 14.4 Å². The van der Waals surface area contributed by atoms with Crippen LogP contribution in [0.2, 0.25) is 0 Å². The molecule has 0 spiro atoms. The van der Waals surface area contributed by atoms with Crippen LogP contribution in [0.1, 0.15) is 25.7 Å². The average molecular weight is 363 g/mol. The molecule has 0 unspecified atom stereocenters. The number of carbonyl (C=O) groups is 1. The summed E-state index contributed by atoms with van der Waals surface area (Å²) in [6.07, 6.45) is 1.76. The highest BCUT2D eigenvalue weighted by Crippen LogP contribution is 2.28. The van der Waals surface area contributed by atoms with Crippen molar-refractivity contribution >= 4 is 28.8 Å². The number of methoxy groups -OCH3 is 1. The molecule has 0 aliphatic heterocycles. The van der Waals surface area contributed by atoms with Crippen molar-refractivity contribution in [1.82, 2.24) is 0 Å². The average Bonchev–Trinajstić information content (AvgIpc) is 3.16. The maximum atomic E-state index is 13.0. The highest BCUT2D eigenvalue weighted by molar-refractivity contribution is 7.15. The molecule has 3 nitrogen and oxygen atoms in total. The monoisotopic (exact) mass is 363 g/mol. The van der Waals surface area contributed by atoms with Crippen molar-refractivity contribution in [2.75, 3.05) is 7.11 Å². The zero-order chi connectivity index (χ0) is 18.5. The SMILES string of the molecule is COc1ccc(C=C(C#N)c2ccc(C(=O)c3ccc(F)cc3)s2)cc1. The lowest BCUT2D eigenvalue weighted by Crippen LogP contribution is -1.97. The van der Waals surface area contributed by atoms with Gasteiger partial charge in [-0.2, -0.15) is 5.26 Å². The van der Waals surface area contributed by atoms with E-state index in [0.717, 1.165) is 11.3 Å². The summed E-state index contributed by atoms with van der Waals surface area (Å²) in [7, 11) is 1.59.